The van der Waals surface area contributed by atoms with Crippen molar-refractivity contribution in [2.75, 3.05) is 0 Å². The third-order valence-corrected chi connectivity index (χ3v) is 3.50. The summed E-state index contributed by atoms with van der Waals surface area (Å²) >= 11 is 0. The van der Waals surface area contributed by atoms with E-state index < -0.39 is 0 Å². The van der Waals surface area contributed by atoms with Gasteiger partial charge in [-0.25, -0.2) is 4.98 Å². The van der Waals surface area contributed by atoms with Crippen LogP contribution in [0.4, 0.5) is 0 Å². The van der Waals surface area contributed by atoms with Crippen LogP contribution in [0.1, 0.15) is 37.7 Å². The molecule has 0 aliphatic heterocycles. The van der Waals surface area contributed by atoms with Crippen LogP contribution in [0.2, 0.25) is 0 Å². The Morgan fingerprint density at radius 1 is 1.13 bits per heavy atom. The molecule has 2 aromatic rings. The van der Waals surface area contributed by atoms with Gasteiger partial charge in [-0.3, -0.25) is 4.98 Å². The van der Waals surface area contributed by atoms with E-state index in [1.165, 1.54) is 11.1 Å². The summed E-state index contributed by atoms with van der Waals surface area (Å²) in [4.78, 5) is 9.34. The summed E-state index contributed by atoms with van der Waals surface area (Å²) in [5, 5.41) is 0. The first-order valence-electron chi connectivity index (χ1n) is 7.95. The van der Waals surface area contributed by atoms with Gasteiger partial charge in [-0.05, 0) is 62.6 Å². The monoisotopic (exact) mass is 304 g/mol. The average Bonchev–Trinajstić information content (AvgIpc) is 2.54. The van der Waals surface area contributed by atoms with Crippen molar-refractivity contribution in [1.29, 1.82) is 0 Å². The Balaban J connectivity index is 2.41. The Morgan fingerprint density at radius 3 is 2.57 bits per heavy atom. The Labute approximate surface area is 139 Å². The normalized spacial score (nSPS) is 10.8. The van der Waals surface area contributed by atoms with Crippen LogP contribution in [0, 0.1) is 6.92 Å². The predicted octanol–water partition coefficient (Wildman–Crippen LogP) is 5.55. The highest BCUT2D eigenvalue weighted by Gasteiger charge is 2.07. The molecule has 0 aliphatic rings. The molecule has 2 nitrogen and oxygen atoms in total. The minimum Gasteiger partial charge on any atom is -0.251 e. The van der Waals surface area contributed by atoms with Gasteiger partial charge < -0.3 is 0 Å². The van der Waals surface area contributed by atoms with E-state index >= 15 is 0 Å². The first kappa shape index (κ1) is 16.9. The lowest BCUT2D eigenvalue weighted by Gasteiger charge is -2.08. The van der Waals surface area contributed by atoms with Gasteiger partial charge in [0.1, 0.15) is 0 Å². The standard InChI is InChI=1S/C21H24N2/c1-6-18-13-20(16(4)10-7-9-15(2)3)23-21(14-18)19-12-8-11-17(5)22-19/h7-14H,4,6H2,1-3,5H3/b10-7-. The highest BCUT2D eigenvalue weighted by atomic mass is 14.8. The van der Waals surface area contributed by atoms with E-state index in [1.807, 2.05) is 37.3 Å². The van der Waals surface area contributed by atoms with Gasteiger partial charge in [0, 0.05) is 5.69 Å². The minimum atomic E-state index is 0.903. The number of aryl methyl sites for hydroxylation is 2. The Hall–Kier alpha value is -2.48. The lowest BCUT2D eigenvalue weighted by Crippen LogP contribution is -1.96. The summed E-state index contributed by atoms with van der Waals surface area (Å²) in [6.45, 7) is 12.4. The van der Waals surface area contributed by atoms with Crippen molar-refractivity contribution in [2.24, 2.45) is 0 Å². The molecule has 118 valence electrons. The quantitative estimate of drug-likeness (QED) is 0.677. The molecule has 0 spiro atoms. The third kappa shape index (κ3) is 4.75. The van der Waals surface area contributed by atoms with Crippen LogP contribution in [0.25, 0.3) is 17.0 Å². The SMILES string of the molecule is C=C(/C=C\C=C(C)C)c1cc(CC)cc(-c2cccc(C)n2)n1. The minimum absolute atomic E-state index is 0.903. The molecule has 0 saturated carbocycles. The largest absolute Gasteiger partial charge is 0.251 e. The molecule has 2 rings (SSSR count). The average molecular weight is 304 g/mol. The number of hydrogen-bond acceptors (Lipinski definition) is 2. The topological polar surface area (TPSA) is 25.8 Å². The molecule has 0 aliphatic carbocycles. The second-order valence-electron chi connectivity index (χ2n) is 5.89. The third-order valence-electron chi connectivity index (χ3n) is 3.50. The summed E-state index contributed by atoms with van der Waals surface area (Å²) < 4.78 is 0. The molecule has 23 heavy (non-hydrogen) atoms. The van der Waals surface area contributed by atoms with Crippen LogP contribution < -0.4 is 0 Å². The lowest BCUT2D eigenvalue weighted by molar-refractivity contribution is 1.10. The Bertz CT molecular complexity index is 763. The van der Waals surface area contributed by atoms with Gasteiger partial charge in [0.2, 0.25) is 0 Å². The van der Waals surface area contributed by atoms with Crippen molar-refractivity contribution in [3.05, 3.63) is 77.7 Å². The van der Waals surface area contributed by atoms with Crippen molar-refractivity contribution >= 4 is 5.57 Å². The molecule has 2 heteroatoms. The maximum absolute atomic E-state index is 4.76. The van der Waals surface area contributed by atoms with Gasteiger partial charge in [0.25, 0.3) is 0 Å². The summed E-state index contributed by atoms with van der Waals surface area (Å²) in [6.07, 6.45) is 7.04. The fraction of sp³-hybridized carbons (Fsp3) is 0.238. The Morgan fingerprint density at radius 2 is 1.91 bits per heavy atom. The molecular formula is C21H24N2. The first-order valence-corrected chi connectivity index (χ1v) is 7.95. The zero-order chi connectivity index (χ0) is 16.8. The van der Waals surface area contributed by atoms with Crippen molar-refractivity contribution in [3.8, 4) is 11.4 Å². The number of pyridine rings is 2. The smallest absolute Gasteiger partial charge is 0.0896 e. The van der Waals surface area contributed by atoms with Gasteiger partial charge in [-0.2, -0.15) is 0 Å². The van der Waals surface area contributed by atoms with E-state index in [4.69, 9.17) is 4.98 Å². The molecular weight excluding hydrogens is 280 g/mol. The highest BCUT2D eigenvalue weighted by Crippen LogP contribution is 2.22. The van der Waals surface area contributed by atoms with E-state index in [-0.39, 0.29) is 0 Å². The van der Waals surface area contributed by atoms with Crippen LogP contribution in [0.5, 0.6) is 0 Å². The molecule has 0 amide bonds. The summed E-state index contributed by atoms with van der Waals surface area (Å²) in [5.41, 5.74) is 7.12. The van der Waals surface area contributed by atoms with Crippen molar-refractivity contribution in [2.45, 2.75) is 34.1 Å². The van der Waals surface area contributed by atoms with E-state index in [0.29, 0.717) is 0 Å². The zero-order valence-corrected chi connectivity index (χ0v) is 14.4. The van der Waals surface area contributed by atoms with Gasteiger partial charge in [0.05, 0.1) is 17.1 Å². The second kappa shape index (κ2) is 7.68. The van der Waals surface area contributed by atoms with Crippen molar-refractivity contribution < 1.29 is 0 Å². The number of nitrogens with zero attached hydrogens (tertiary/aromatic N) is 2. The maximum Gasteiger partial charge on any atom is 0.0896 e. The van der Waals surface area contributed by atoms with Crippen molar-refractivity contribution in [1.82, 2.24) is 9.97 Å². The molecule has 0 saturated heterocycles. The van der Waals surface area contributed by atoms with E-state index in [1.54, 1.807) is 0 Å². The molecule has 0 unspecified atom stereocenters. The fourth-order valence-electron chi connectivity index (χ4n) is 2.21. The molecule has 0 N–H and O–H groups in total. The van der Waals surface area contributed by atoms with E-state index in [2.05, 4.69) is 50.5 Å². The molecule has 0 atom stereocenters. The summed E-state index contributed by atoms with van der Waals surface area (Å²) in [5.74, 6) is 0. The summed E-state index contributed by atoms with van der Waals surface area (Å²) in [7, 11) is 0. The fourth-order valence-corrected chi connectivity index (χ4v) is 2.21. The maximum atomic E-state index is 4.76. The van der Waals surface area contributed by atoms with E-state index in [0.717, 1.165) is 34.8 Å². The first-order chi connectivity index (χ1) is 11.0. The number of allylic oxidation sites excluding steroid dienone is 5. The van der Waals surface area contributed by atoms with Crippen molar-refractivity contribution in [3.63, 3.8) is 0 Å². The van der Waals surface area contributed by atoms with Crippen LogP contribution in [0.3, 0.4) is 0 Å². The predicted molar refractivity (Wildman–Crippen MR) is 99.2 cm³/mol. The number of hydrogen-bond donors (Lipinski definition) is 0. The van der Waals surface area contributed by atoms with Crippen LogP contribution in [0.15, 0.2) is 60.7 Å². The zero-order valence-electron chi connectivity index (χ0n) is 14.4. The molecule has 2 aromatic heterocycles. The van der Waals surface area contributed by atoms with Crippen LogP contribution in [-0.4, -0.2) is 9.97 Å². The molecule has 0 radical (unpaired) electrons. The van der Waals surface area contributed by atoms with Gasteiger partial charge in [0.15, 0.2) is 0 Å². The van der Waals surface area contributed by atoms with Gasteiger partial charge in [-0.15, -0.1) is 0 Å². The molecule has 0 bridgehead atoms. The molecule has 0 fully saturated rings. The second-order valence-corrected chi connectivity index (χ2v) is 5.89. The van der Waals surface area contributed by atoms with Crippen LogP contribution in [-0.2, 0) is 6.42 Å². The number of rotatable bonds is 5. The van der Waals surface area contributed by atoms with Gasteiger partial charge in [-0.1, -0.05) is 43.4 Å². The molecule has 2 heterocycles. The lowest BCUT2D eigenvalue weighted by atomic mass is 10.1. The summed E-state index contributed by atoms with van der Waals surface area (Å²) in [6, 6.07) is 10.2. The van der Waals surface area contributed by atoms with Gasteiger partial charge >= 0.3 is 0 Å². The molecule has 0 aromatic carbocycles. The highest BCUT2D eigenvalue weighted by molar-refractivity contribution is 5.72. The Kier molecular flexibility index (Phi) is 5.64. The van der Waals surface area contributed by atoms with E-state index in [9.17, 15) is 0 Å². The van der Waals surface area contributed by atoms with Crippen LogP contribution >= 0.6 is 0 Å². The number of aromatic nitrogens is 2.